The Morgan fingerprint density at radius 1 is 0.607 bits per heavy atom. The van der Waals surface area contributed by atoms with Crippen molar-refractivity contribution >= 4 is 0 Å². The van der Waals surface area contributed by atoms with E-state index in [1.54, 1.807) is 0 Å². The first-order valence-corrected chi connectivity index (χ1v) is 9.42. The highest BCUT2D eigenvalue weighted by molar-refractivity contribution is 5.72. The summed E-state index contributed by atoms with van der Waals surface area (Å²) in [5.74, 6) is 1.60. The Balaban J connectivity index is 1.79. The van der Waals surface area contributed by atoms with E-state index in [1.165, 1.54) is 0 Å². The second kappa shape index (κ2) is 9.40. The number of aliphatic hydroxyl groups excluding tert-OH is 2. The zero-order valence-corrected chi connectivity index (χ0v) is 16.3. The number of rotatable bonds is 8. The standard InChI is InChI=1S/C24H26O4/c1-17-15-22(16-18(2)24(17)28-14-12-26)21-5-3-19(4-6-21)20-7-9-23(10-8-20)27-13-11-25/h3-10,15-16,25-26H,11-14H2,1-2H3. The molecule has 0 fully saturated rings. The van der Waals surface area contributed by atoms with Crippen LogP contribution < -0.4 is 9.47 Å². The summed E-state index contributed by atoms with van der Waals surface area (Å²) in [5.41, 5.74) is 6.66. The monoisotopic (exact) mass is 378 g/mol. The molecule has 0 saturated carbocycles. The first-order valence-electron chi connectivity index (χ1n) is 9.42. The van der Waals surface area contributed by atoms with Gasteiger partial charge in [-0.3, -0.25) is 0 Å². The van der Waals surface area contributed by atoms with E-state index in [9.17, 15) is 0 Å². The molecule has 0 saturated heterocycles. The van der Waals surface area contributed by atoms with E-state index in [0.717, 1.165) is 44.9 Å². The number of aryl methyl sites for hydroxylation is 2. The van der Waals surface area contributed by atoms with Gasteiger partial charge in [-0.05, 0) is 71.5 Å². The van der Waals surface area contributed by atoms with Gasteiger partial charge in [-0.1, -0.05) is 36.4 Å². The second-order valence-electron chi connectivity index (χ2n) is 6.69. The van der Waals surface area contributed by atoms with Crippen molar-refractivity contribution in [2.75, 3.05) is 26.4 Å². The summed E-state index contributed by atoms with van der Waals surface area (Å²) in [6.45, 7) is 4.68. The maximum atomic E-state index is 8.97. The van der Waals surface area contributed by atoms with Gasteiger partial charge in [-0.2, -0.15) is 0 Å². The quantitative estimate of drug-likeness (QED) is 0.611. The molecule has 4 heteroatoms. The van der Waals surface area contributed by atoms with Crippen molar-refractivity contribution in [2.45, 2.75) is 13.8 Å². The van der Waals surface area contributed by atoms with E-state index in [1.807, 2.05) is 38.1 Å². The highest BCUT2D eigenvalue weighted by Gasteiger charge is 2.08. The van der Waals surface area contributed by atoms with Crippen LogP contribution in [-0.4, -0.2) is 36.6 Å². The molecule has 4 nitrogen and oxygen atoms in total. The minimum absolute atomic E-state index is 0.0105. The van der Waals surface area contributed by atoms with Crippen LogP contribution in [0.25, 0.3) is 22.3 Å². The van der Waals surface area contributed by atoms with E-state index in [2.05, 4.69) is 36.4 Å². The van der Waals surface area contributed by atoms with Crippen molar-refractivity contribution in [1.82, 2.24) is 0 Å². The Morgan fingerprint density at radius 2 is 1.04 bits per heavy atom. The number of aliphatic hydroxyl groups is 2. The Hall–Kier alpha value is -2.82. The van der Waals surface area contributed by atoms with E-state index in [4.69, 9.17) is 19.7 Å². The van der Waals surface area contributed by atoms with E-state index >= 15 is 0 Å². The van der Waals surface area contributed by atoms with Crippen LogP contribution in [0.4, 0.5) is 0 Å². The summed E-state index contributed by atoms with van der Waals surface area (Å²) >= 11 is 0. The fourth-order valence-corrected chi connectivity index (χ4v) is 3.25. The molecule has 0 atom stereocenters. The fraction of sp³-hybridized carbons (Fsp3) is 0.250. The number of hydrogen-bond donors (Lipinski definition) is 2. The highest BCUT2D eigenvalue weighted by Crippen LogP contribution is 2.31. The molecule has 28 heavy (non-hydrogen) atoms. The van der Waals surface area contributed by atoms with E-state index in [0.29, 0.717) is 13.2 Å². The largest absolute Gasteiger partial charge is 0.491 e. The molecule has 0 aliphatic heterocycles. The molecule has 0 aliphatic carbocycles. The number of ether oxygens (including phenoxy) is 2. The zero-order valence-electron chi connectivity index (χ0n) is 16.3. The molecule has 3 aromatic carbocycles. The molecular weight excluding hydrogens is 352 g/mol. The maximum Gasteiger partial charge on any atom is 0.125 e. The molecular formula is C24H26O4. The average molecular weight is 378 g/mol. The van der Waals surface area contributed by atoms with Crippen LogP contribution in [0.15, 0.2) is 60.7 Å². The normalized spacial score (nSPS) is 10.7. The van der Waals surface area contributed by atoms with Gasteiger partial charge < -0.3 is 19.7 Å². The fourth-order valence-electron chi connectivity index (χ4n) is 3.25. The summed E-state index contributed by atoms with van der Waals surface area (Å²) < 4.78 is 11.0. The molecule has 0 aliphatic rings. The Kier molecular flexibility index (Phi) is 6.69. The van der Waals surface area contributed by atoms with Gasteiger partial charge in [0.1, 0.15) is 24.7 Å². The van der Waals surface area contributed by atoms with Gasteiger partial charge >= 0.3 is 0 Å². The lowest BCUT2D eigenvalue weighted by Crippen LogP contribution is -2.04. The second-order valence-corrected chi connectivity index (χ2v) is 6.69. The number of benzene rings is 3. The van der Waals surface area contributed by atoms with Crippen LogP contribution in [0.2, 0.25) is 0 Å². The first kappa shape index (κ1) is 19.9. The SMILES string of the molecule is Cc1cc(-c2ccc(-c3ccc(OCCO)cc3)cc2)cc(C)c1OCCO. The van der Waals surface area contributed by atoms with Crippen LogP contribution in [0.3, 0.4) is 0 Å². The third kappa shape index (κ3) is 4.71. The summed E-state index contributed by atoms with van der Waals surface area (Å²) in [6, 6.07) is 20.5. The molecule has 0 heterocycles. The van der Waals surface area contributed by atoms with Crippen LogP contribution in [0, 0.1) is 13.8 Å². The average Bonchev–Trinajstić information content (AvgIpc) is 2.72. The lowest BCUT2D eigenvalue weighted by molar-refractivity contribution is 0.200. The Bertz CT molecular complexity index is 876. The zero-order chi connectivity index (χ0) is 19.9. The Morgan fingerprint density at radius 3 is 1.54 bits per heavy atom. The minimum Gasteiger partial charge on any atom is -0.491 e. The summed E-state index contributed by atoms with van der Waals surface area (Å²) in [4.78, 5) is 0. The topological polar surface area (TPSA) is 58.9 Å². The van der Waals surface area contributed by atoms with Crippen molar-refractivity contribution in [3.8, 4) is 33.8 Å². The molecule has 0 radical (unpaired) electrons. The van der Waals surface area contributed by atoms with Crippen molar-refractivity contribution in [3.05, 3.63) is 71.8 Å². The maximum absolute atomic E-state index is 8.97. The van der Waals surface area contributed by atoms with Crippen LogP contribution in [0.1, 0.15) is 11.1 Å². The van der Waals surface area contributed by atoms with Gasteiger partial charge in [0.05, 0.1) is 13.2 Å². The molecule has 0 amide bonds. The molecule has 3 aromatic rings. The van der Waals surface area contributed by atoms with Gasteiger partial charge in [0.15, 0.2) is 0 Å². The number of hydrogen-bond acceptors (Lipinski definition) is 4. The molecule has 2 N–H and O–H groups in total. The third-order valence-electron chi connectivity index (χ3n) is 4.56. The van der Waals surface area contributed by atoms with Gasteiger partial charge in [0.2, 0.25) is 0 Å². The lowest BCUT2D eigenvalue weighted by Gasteiger charge is -2.14. The minimum atomic E-state index is 0.0105. The molecule has 146 valence electrons. The van der Waals surface area contributed by atoms with E-state index < -0.39 is 0 Å². The predicted octanol–water partition coefficient (Wildman–Crippen LogP) is 4.38. The van der Waals surface area contributed by atoms with Gasteiger partial charge in [0, 0.05) is 0 Å². The molecule has 0 unspecified atom stereocenters. The molecule has 3 rings (SSSR count). The van der Waals surface area contributed by atoms with Crippen LogP contribution in [-0.2, 0) is 0 Å². The molecule has 0 bridgehead atoms. The molecule has 0 aromatic heterocycles. The van der Waals surface area contributed by atoms with Crippen molar-refractivity contribution < 1.29 is 19.7 Å². The first-order chi connectivity index (χ1) is 13.6. The van der Waals surface area contributed by atoms with Crippen LogP contribution in [0.5, 0.6) is 11.5 Å². The predicted molar refractivity (Wildman–Crippen MR) is 112 cm³/mol. The lowest BCUT2D eigenvalue weighted by atomic mass is 9.97. The van der Waals surface area contributed by atoms with Crippen molar-refractivity contribution in [3.63, 3.8) is 0 Å². The molecule has 0 spiro atoms. The van der Waals surface area contributed by atoms with Crippen molar-refractivity contribution in [2.24, 2.45) is 0 Å². The van der Waals surface area contributed by atoms with Gasteiger partial charge in [-0.15, -0.1) is 0 Å². The third-order valence-corrected chi connectivity index (χ3v) is 4.56. The van der Waals surface area contributed by atoms with Gasteiger partial charge in [0.25, 0.3) is 0 Å². The van der Waals surface area contributed by atoms with Crippen LogP contribution >= 0.6 is 0 Å². The summed E-state index contributed by atoms with van der Waals surface area (Å²) in [5, 5.41) is 17.8. The summed E-state index contributed by atoms with van der Waals surface area (Å²) in [6.07, 6.45) is 0. The van der Waals surface area contributed by atoms with Crippen molar-refractivity contribution in [1.29, 1.82) is 0 Å². The smallest absolute Gasteiger partial charge is 0.125 e. The van der Waals surface area contributed by atoms with E-state index in [-0.39, 0.29) is 13.2 Å². The Labute approximate surface area is 166 Å². The highest BCUT2D eigenvalue weighted by atomic mass is 16.5. The van der Waals surface area contributed by atoms with Gasteiger partial charge in [-0.25, -0.2) is 0 Å². The summed E-state index contributed by atoms with van der Waals surface area (Å²) in [7, 11) is 0.